The summed E-state index contributed by atoms with van der Waals surface area (Å²) < 4.78 is 0. The zero-order valence-corrected chi connectivity index (χ0v) is 17.9. The van der Waals surface area contributed by atoms with E-state index in [0.29, 0.717) is 19.0 Å². The minimum absolute atomic E-state index is 0. The quantitative estimate of drug-likeness (QED) is 0.770. The Balaban J connectivity index is 0.00000196. The van der Waals surface area contributed by atoms with E-state index < -0.39 is 0 Å². The standard InChI is InChI=1S/C21H28N4O.2ClH/c1-17(22)19-8-6-12-24(15-19)21(26)16-25(20-9-3-2-4-10-20)14-18-7-5-11-23-13-18;;/h2-5,7,9-11,13,17,19H,6,8,12,14-16,22H2,1H3;2*1H. The molecule has 7 heteroatoms. The average Bonchev–Trinajstić information content (AvgIpc) is 2.69. The van der Waals surface area contributed by atoms with Crippen molar-refractivity contribution < 1.29 is 4.79 Å². The first-order chi connectivity index (χ1) is 12.6. The van der Waals surface area contributed by atoms with Crippen LogP contribution in [0.4, 0.5) is 5.69 Å². The number of hydrogen-bond acceptors (Lipinski definition) is 4. The normalized spacial score (nSPS) is 17.1. The van der Waals surface area contributed by atoms with E-state index in [-0.39, 0.29) is 36.8 Å². The van der Waals surface area contributed by atoms with Gasteiger partial charge in [0, 0.05) is 43.8 Å². The second-order valence-corrected chi connectivity index (χ2v) is 7.15. The maximum Gasteiger partial charge on any atom is 0.242 e. The van der Waals surface area contributed by atoms with E-state index in [1.807, 2.05) is 60.5 Å². The van der Waals surface area contributed by atoms with Gasteiger partial charge in [0.1, 0.15) is 0 Å². The summed E-state index contributed by atoms with van der Waals surface area (Å²) in [6.45, 7) is 4.67. The third kappa shape index (κ3) is 6.66. The number of nitrogens with two attached hydrogens (primary N) is 1. The third-order valence-corrected chi connectivity index (χ3v) is 5.10. The first-order valence-corrected chi connectivity index (χ1v) is 9.35. The van der Waals surface area contributed by atoms with Crippen LogP contribution in [-0.4, -0.2) is 41.5 Å². The maximum atomic E-state index is 13.0. The van der Waals surface area contributed by atoms with Crippen LogP contribution in [0, 0.1) is 5.92 Å². The van der Waals surface area contributed by atoms with Gasteiger partial charge >= 0.3 is 0 Å². The molecule has 2 aromatic rings. The van der Waals surface area contributed by atoms with Crippen molar-refractivity contribution in [2.45, 2.75) is 32.4 Å². The van der Waals surface area contributed by atoms with E-state index in [1.165, 1.54) is 0 Å². The number of carbonyl (C=O) groups is 1. The summed E-state index contributed by atoms with van der Waals surface area (Å²) in [5.74, 6) is 0.569. The molecule has 1 fully saturated rings. The number of hydrogen-bond donors (Lipinski definition) is 1. The Kier molecular flexibility index (Phi) is 10.3. The lowest BCUT2D eigenvalue weighted by atomic mass is 9.92. The van der Waals surface area contributed by atoms with Gasteiger partial charge in [-0.05, 0) is 49.4 Å². The molecule has 1 aromatic heterocycles. The molecule has 1 aliphatic rings. The molecule has 1 amide bonds. The van der Waals surface area contributed by atoms with Crippen LogP contribution < -0.4 is 10.6 Å². The molecule has 1 aliphatic heterocycles. The van der Waals surface area contributed by atoms with E-state index in [1.54, 1.807) is 6.20 Å². The van der Waals surface area contributed by atoms with E-state index in [9.17, 15) is 4.79 Å². The van der Waals surface area contributed by atoms with Crippen LogP contribution in [-0.2, 0) is 11.3 Å². The number of para-hydroxylation sites is 1. The number of anilines is 1. The summed E-state index contributed by atoms with van der Waals surface area (Å²) in [5, 5.41) is 0. The number of aromatic nitrogens is 1. The Morgan fingerprint density at radius 2 is 2.00 bits per heavy atom. The molecule has 0 saturated carbocycles. The molecule has 0 aliphatic carbocycles. The molecular formula is C21H30Cl2N4O. The number of benzene rings is 1. The molecule has 154 valence electrons. The Morgan fingerprint density at radius 3 is 2.64 bits per heavy atom. The highest BCUT2D eigenvalue weighted by atomic mass is 35.5. The Labute approximate surface area is 180 Å². The maximum absolute atomic E-state index is 13.0. The van der Waals surface area contributed by atoms with Crippen molar-refractivity contribution in [3.8, 4) is 0 Å². The number of amides is 1. The minimum Gasteiger partial charge on any atom is -0.358 e. The average molecular weight is 425 g/mol. The fraction of sp³-hybridized carbons (Fsp3) is 0.429. The van der Waals surface area contributed by atoms with Crippen molar-refractivity contribution in [1.82, 2.24) is 9.88 Å². The topological polar surface area (TPSA) is 62.5 Å². The number of halogens is 2. The zero-order chi connectivity index (χ0) is 18.4. The highest BCUT2D eigenvalue weighted by Gasteiger charge is 2.26. The number of piperidine rings is 1. The molecule has 2 N–H and O–H groups in total. The van der Waals surface area contributed by atoms with E-state index in [4.69, 9.17) is 5.73 Å². The van der Waals surface area contributed by atoms with Gasteiger partial charge in [0.25, 0.3) is 0 Å². The Hall–Kier alpha value is -1.82. The summed E-state index contributed by atoms with van der Waals surface area (Å²) >= 11 is 0. The fourth-order valence-electron chi connectivity index (χ4n) is 3.52. The molecule has 2 heterocycles. The molecule has 0 radical (unpaired) electrons. The van der Waals surface area contributed by atoms with Crippen LogP contribution in [0.2, 0.25) is 0 Å². The van der Waals surface area contributed by atoms with Crippen LogP contribution in [0.5, 0.6) is 0 Å². The molecule has 1 saturated heterocycles. The van der Waals surface area contributed by atoms with Gasteiger partial charge in [-0.1, -0.05) is 24.3 Å². The van der Waals surface area contributed by atoms with Gasteiger partial charge in [0.05, 0.1) is 6.54 Å². The molecular weight excluding hydrogens is 395 g/mol. The summed E-state index contributed by atoms with van der Waals surface area (Å²) in [5.41, 5.74) is 8.21. The van der Waals surface area contributed by atoms with Crippen molar-refractivity contribution in [2.75, 3.05) is 24.5 Å². The van der Waals surface area contributed by atoms with Gasteiger partial charge in [-0.25, -0.2) is 0 Å². The lowest BCUT2D eigenvalue weighted by Crippen LogP contribution is -2.48. The predicted molar refractivity (Wildman–Crippen MR) is 119 cm³/mol. The molecule has 5 nitrogen and oxygen atoms in total. The van der Waals surface area contributed by atoms with Crippen molar-refractivity contribution in [3.05, 3.63) is 60.4 Å². The van der Waals surface area contributed by atoms with Gasteiger partial charge in [0.2, 0.25) is 5.91 Å². The number of nitrogens with zero attached hydrogens (tertiary/aromatic N) is 3. The summed E-state index contributed by atoms with van der Waals surface area (Å²) in [6, 6.07) is 14.2. The van der Waals surface area contributed by atoms with Gasteiger partial charge in [0.15, 0.2) is 0 Å². The fourth-order valence-corrected chi connectivity index (χ4v) is 3.52. The highest BCUT2D eigenvalue weighted by Crippen LogP contribution is 2.21. The summed E-state index contributed by atoms with van der Waals surface area (Å²) in [4.78, 5) is 21.3. The molecule has 28 heavy (non-hydrogen) atoms. The second kappa shape index (κ2) is 11.9. The molecule has 0 bridgehead atoms. The minimum atomic E-state index is 0. The van der Waals surface area contributed by atoms with Gasteiger partial charge < -0.3 is 15.5 Å². The van der Waals surface area contributed by atoms with Crippen LogP contribution in [0.25, 0.3) is 0 Å². The largest absolute Gasteiger partial charge is 0.358 e. The first-order valence-electron chi connectivity index (χ1n) is 9.35. The van der Waals surface area contributed by atoms with Crippen molar-refractivity contribution in [1.29, 1.82) is 0 Å². The summed E-state index contributed by atoms with van der Waals surface area (Å²) in [7, 11) is 0. The van der Waals surface area contributed by atoms with Gasteiger partial charge in [-0.3, -0.25) is 9.78 Å². The SMILES string of the molecule is CC(N)C1CCCN(C(=O)CN(Cc2cccnc2)c2ccccc2)C1.Cl.Cl. The van der Waals surface area contributed by atoms with Crippen LogP contribution in [0.1, 0.15) is 25.3 Å². The number of likely N-dealkylation sites (tertiary alicyclic amines) is 1. The van der Waals surface area contributed by atoms with Gasteiger partial charge in [-0.2, -0.15) is 0 Å². The number of rotatable bonds is 6. The Morgan fingerprint density at radius 1 is 1.25 bits per heavy atom. The van der Waals surface area contributed by atoms with Crippen molar-refractivity contribution >= 4 is 36.4 Å². The summed E-state index contributed by atoms with van der Waals surface area (Å²) in [6.07, 6.45) is 5.77. The number of carbonyl (C=O) groups excluding carboxylic acids is 1. The van der Waals surface area contributed by atoms with Crippen LogP contribution >= 0.6 is 24.8 Å². The first kappa shape index (κ1) is 24.2. The highest BCUT2D eigenvalue weighted by molar-refractivity contribution is 5.85. The lowest BCUT2D eigenvalue weighted by molar-refractivity contribution is -0.131. The zero-order valence-electron chi connectivity index (χ0n) is 16.2. The molecule has 1 aromatic carbocycles. The predicted octanol–water partition coefficient (Wildman–Crippen LogP) is 3.52. The van der Waals surface area contributed by atoms with E-state index >= 15 is 0 Å². The van der Waals surface area contributed by atoms with Crippen molar-refractivity contribution in [3.63, 3.8) is 0 Å². The van der Waals surface area contributed by atoms with Crippen LogP contribution in [0.15, 0.2) is 54.9 Å². The van der Waals surface area contributed by atoms with E-state index in [2.05, 4.69) is 9.88 Å². The molecule has 2 atom stereocenters. The van der Waals surface area contributed by atoms with Gasteiger partial charge in [-0.15, -0.1) is 24.8 Å². The molecule has 3 rings (SSSR count). The third-order valence-electron chi connectivity index (χ3n) is 5.10. The molecule has 2 unspecified atom stereocenters. The van der Waals surface area contributed by atoms with Crippen molar-refractivity contribution in [2.24, 2.45) is 11.7 Å². The lowest BCUT2D eigenvalue weighted by Gasteiger charge is -2.36. The monoisotopic (exact) mass is 424 g/mol. The second-order valence-electron chi connectivity index (χ2n) is 7.15. The Bertz CT molecular complexity index is 700. The molecule has 0 spiro atoms. The van der Waals surface area contributed by atoms with E-state index in [0.717, 1.165) is 37.2 Å². The number of pyridine rings is 1. The van der Waals surface area contributed by atoms with Crippen LogP contribution in [0.3, 0.4) is 0 Å². The smallest absolute Gasteiger partial charge is 0.242 e.